The summed E-state index contributed by atoms with van der Waals surface area (Å²) in [5, 5.41) is 2.52. The van der Waals surface area contributed by atoms with E-state index in [1.54, 1.807) is 27.7 Å². The Morgan fingerprint density at radius 1 is 1.50 bits per heavy atom. The molecule has 0 radical (unpaired) electrons. The van der Waals surface area contributed by atoms with Gasteiger partial charge < -0.3 is 15.8 Å². The molecular weight excluding hydrogens is 220 g/mol. The van der Waals surface area contributed by atoms with Gasteiger partial charge in [-0.15, -0.1) is 6.58 Å². The van der Waals surface area contributed by atoms with Crippen LogP contribution in [0.4, 0.5) is 4.79 Å². The minimum atomic E-state index is -0.394. The van der Waals surface area contributed by atoms with E-state index < -0.39 is 6.09 Å². The molecule has 0 bridgehead atoms. The summed E-state index contributed by atoms with van der Waals surface area (Å²) in [7, 11) is 3.34. The van der Waals surface area contributed by atoms with Gasteiger partial charge in [0, 0.05) is 24.6 Å². The van der Waals surface area contributed by atoms with E-state index in [4.69, 9.17) is 10.5 Å². The van der Waals surface area contributed by atoms with Gasteiger partial charge in [-0.05, 0) is 0 Å². The molecule has 3 N–H and O–H groups in total. The normalized spacial score (nSPS) is 9.50. The number of hydrogen-bond acceptors (Lipinski definition) is 5. The molecule has 0 aromatic rings. The monoisotopic (exact) mass is 236 g/mol. The van der Waals surface area contributed by atoms with Crippen LogP contribution in [0.15, 0.2) is 12.7 Å². The molecule has 6 heteroatoms. The predicted molar refractivity (Wildman–Crippen MR) is 63.5 cm³/mol. The molecule has 0 aliphatic rings. The molecule has 0 saturated heterocycles. The summed E-state index contributed by atoms with van der Waals surface area (Å²) in [4.78, 5) is 10.9. The predicted octanol–water partition coefficient (Wildman–Crippen LogP) is 1.24. The van der Waals surface area contributed by atoms with Crippen molar-refractivity contribution in [3.05, 3.63) is 12.7 Å². The van der Waals surface area contributed by atoms with Gasteiger partial charge in [0.25, 0.3) is 0 Å². The fraction of sp³-hybridized carbons (Fsp3) is 0.625. The number of nitrogens with one attached hydrogen (secondary N) is 1. The number of carbonyl (C=O) groups excluding carboxylic acids is 1. The molecule has 0 aromatic carbocycles. The average Bonchev–Trinajstić information content (AvgIpc) is 2.20. The first kappa shape index (κ1) is 13.7. The van der Waals surface area contributed by atoms with Gasteiger partial charge in [-0.1, -0.05) is 27.7 Å². The van der Waals surface area contributed by atoms with Crippen LogP contribution in [-0.2, 0) is 4.74 Å². The lowest BCUT2D eigenvalue weighted by Crippen LogP contribution is -2.24. The molecule has 0 aliphatic carbocycles. The summed E-state index contributed by atoms with van der Waals surface area (Å²) in [5.74, 6) is 1.71. The maximum absolute atomic E-state index is 10.9. The van der Waals surface area contributed by atoms with Crippen LogP contribution >= 0.6 is 21.6 Å². The Bertz CT molecular complexity index is 167. The van der Waals surface area contributed by atoms with Crippen molar-refractivity contribution in [2.24, 2.45) is 5.73 Å². The second-order valence-electron chi connectivity index (χ2n) is 2.24. The molecule has 0 atom stereocenters. The molecule has 0 aliphatic heterocycles. The highest BCUT2D eigenvalue weighted by Gasteiger charge is 1.98. The summed E-state index contributed by atoms with van der Waals surface area (Å²) in [6, 6.07) is 0. The second-order valence-corrected chi connectivity index (χ2v) is 4.94. The standard InChI is InChI=1S/C8H16N2O2S2/c1-2-4-10-8(11)12-5-7-14-13-6-3-9/h2H,1,3-7,9H2,(H,10,11). The molecule has 14 heavy (non-hydrogen) atoms. The highest BCUT2D eigenvalue weighted by molar-refractivity contribution is 8.76. The zero-order valence-electron chi connectivity index (χ0n) is 8.03. The van der Waals surface area contributed by atoms with Gasteiger partial charge in [-0.25, -0.2) is 4.79 Å². The summed E-state index contributed by atoms with van der Waals surface area (Å²) < 4.78 is 4.86. The molecule has 0 unspecified atom stereocenters. The van der Waals surface area contributed by atoms with Crippen molar-refractivity contribution in [2.45, 2.75) is 0 Å². The second kappa shape index (κ2) is 10.7. The van der Waals surface area contributed by atoms with Crippen molar-refractivity contribution < 1.29 is 9.53 Å². The van der Waals surface area contributed by atoms with Gasteiger partial charge in [0.1, 0.15) is 6.61 Å². The zero-order chi connectivity index (χ0) is 10.6. The van der Waals surface area contributed by atoms with E-state index in [1.807, 2.05) is 0 Å². The third kappa shape index (κ3) is 9.76. The Kier molecular flexibility index (Phi) is 10.5. The maximum atomic E-state index is 10.9. The molecule has 1 amide bonds. The Labute approximate surface area is 92.4 Å². The van der Waals surface area contributed by atoms with Gasteiger partial charge in [0.05, 0.1) is 0 Å². The minimum absolute atomic E-state index is 0.394. The molecule has 0 rings (SSSR count). The number of carbonyl (C=O) groups is 1. The first-order valence-corrected chi connectivity index (χ1v) is 6.76. The lowest BCUT2D eigenvalue weighted by molar-refractivity contribution is 0.154. The quantitative estimate of drug-likeness (QED) is 0.377. The van der Waals surface area contributed by atoms with Crippen molar-refractivity contribution in [1.29, 1.82) is 0 Å². The van der Waals surface area contributed by atoms with Crippen molar-refractivity contribution in [2.75, 3.05) is 31.2 Å². The Balaban J connectivity index is 3.10. The largest absolute Gasteiger partial charge is 0.449 e. The maximum Gasteiger partial charge on any atom is 0.407 e. The highest BCUT2D eigenvalue weighted by atomic mass is 33.1. The highest BCUT2D eigenvalue weighted by Crippen LogP contribution is 2.19. The molecule has 0 saturated carbocycles. The Morgan fingerprint density at radius 3 is 2.86 bits per heavy atom. The third-order valence-electron chi connectivity index (χ3n) is 1.08. The van der Waals surface area contributed by atoms with Crippen LogP contribution in [0.1, 0.15) is 0 Å². The molecule has 0 spiro atoms. The van der Waals surface area contributed by atoms with E-state index in [9.17, 15) is 4.79 Å². The zero-order valence-corrected chi connectivity index (χ0v) is 9.66. The SMILES string of the molecule is C=CCNC(=O)OCCSSCCN. The summed E-state index contributed by atoms with van der Waals surface area (Å²) in [5.41, 5.74) is 5.31. The fourth-order valence-electron chi connectivity index (χ4n) is 0.541. The van der Waals surface area contributed by atoms with Crippen LogP contribution < -0.4 is 11.1 Å². The van der Waals surface area contributed by atoms with Crippen LogP contribution in [0, 0.1) is 0 Å². The molecule has 0 fully saturated rings. The van der Waals surface area contributed by atoms with Crippen LogP contribution in [0.3, 0.4) is 0 Å². The van der Waals surface area contributed by atoms with Crippen molar-refractivity contribution in [3.63, 3.8) is 0 Å². The van der Waals surface area contributed by atoms with Gasteiger partial charge in [0.15, 0.2) is 0 Å². The number of rotatable bonds is 8. The molecular formula is C8H16N2O2S2. The lowest BCUT2D eigenvalue weighted by atomic mass is 10.6. The first-order chi connectivity index (χ1) is 6.81. The van der Waals surface area contributed by atoms with Gasteiger partial charge in [-0.3, -0.25) is 0 Å². The van der Waals surface area contributed by atoms with Gasteiger partial charge in [0.2, 0.25) is 0 Å². The van der Waals surface area contributed by atoms with Crippen molar-refractivity contribution in [1.82, 2.24) is 5.32 Å². The van der Waals surface area contributed by atoms with E-state index in [-0.39, 0.29) is 0 Å². The van der Waals surface area contributed by atoms with Crippen LogP contribution in [-0.4, -0.2) is 37.3 Å². The van der Waals surface area contributed by atoms with Gasteiger partial charge >= 0.3 is 6.09 Å². The van der Waals surface area contributed by atoms with Crippen molar-refractivity contribution in [3.8, 4) is 0 Å². The third-order valence-corrected chi connectivity index (χ3v) is 3.48. The fourth-order valence-corrected chi connectivity index (χ4v) is 2.22. The molecule has 4 nitrogen and oxygen atoms in total. The van der Waals surface area contributed by atoms with Gasteiger partial charge in [-0.2, -0.15) is 0 Å². The van der Waals surface area contributed by atoms with Crippen LogP contribution in [0.2, 0.25) is 0 Å². The Morgan fingerprint density at radius 2 is 2.21 bits per heavy atom. The number of ether oxygens (including phenoxy) is 1. The molecule has 0 aromatic heterocycles. The van der Waals surface area contributed by atoms with Crippen molar-refractivity contribution >= 4 is 27.7 Å². The number of amides is 1. The lowest BCUT2D eigenvalue weighted by Gasteiger charge is -2.04. The smallest absolute Gasteiger partial charge is 0.407 e. The molecule has 0 heterocycles. The average molecular weight is 236 g/mol. The van der Waals surface area contributed by atoms with E-state index >= 15 is 0 Å². The number of hydrogen-bond donors (Lipinski definition) is 2. The summed E-state index contributed by atoms with van der Waals surface area (Å²) in [6.07, 6.45) is 1.21. The summed E-state index contributed by atoms with van der Waals surface area (Å²) >= 11 is 0. The van der Waals surface area contributed by atoms with E-state index in [0.717, 1.165) is 11.5 Å². The van der Waals surface area contributed by atoms with Crippen LogP contribution in [0.5, 0.6) is 0 Å². The van der Waals surface area contributed by atoms with E-state index in [0.29, 0.717) is 19.7 Å². The van der Waals surface area contributed by atoms with E-state index in [1.165, 1.54) is 0 Å². The van der Waals surface area contributed by atoms with E-state index in [2.05, 4.69) is 11.9 Å². The number of nitrogens with two attached hydrogens (primary N) is 1. The molecule has 82 valence electrons. The number of alkyl carbamates (subject to hydrolysis) is 1. The first-order valence-electron chi connectivity index (χ1n) is 4.27. The summed E-state index contributed by atoms with van der Waals surface area (Å²) in [6.45, 7) is 5.01. The van der Waals surface area contributed by atoms with Crippen LogP contribution in [0.25, 0.3) is 0 Å². The minimum Gasteiger partial charge on any atom is -0.449 e. The Hall–Kier alpha value is -0.330. The topological polar surface area (TPSA) is 64.3 Å².